The highest BCUT2D eigenvalue weighted by molar-refractivity contribution is 5.86. The van der Waals surface area contributed by atoms with Crippen LogP contribution in [0, 0.1) is 17.2 Å². The van der Waals surface area contributed by atoms with Gasteiger partial charge in [0.05, 0.1) is 5.41 Å². The summed E-state index contributed by atoms with van der Waals surface area (Å²) < 4.78 is 14.6. The number of halogens is 1. The lowest BCUT2D eigenvalue weighted by molar-refractivity contribution is -0.140. The molecule has 0 saturated carbocycles. The van der Waals surface area contributed by atoms with Crippen LogP contribution in [0.25, 0.3) is 11.1 Å². The summed E-state index contributed by atoms with van der Waals surface area (Å²) in [5, 5.41) is 0. The minimum absolute atomic E-state index is 0.0101. The summed E-state index contributed by atoms with van der Waals surface area (Å²) in [6.07, 6.45) is 7.89. The number of allylic oxidation sites excluding steroid dienone is 2. The van der Waals surface area contributed by atoms with Crippen LogP contribution in [-0.2, 0) is 16.0 Å². The number of rotatable bonds is 5. The highest BCUT2D eigenvalue weighted by Crippen LogP contribution is 2.40. The number of amides is 2. The van der Waals surface area contributed by atoms with E-state index in [9.17, 15) is 14.0 Å². The molecular formula is C27H31FN2O2. The third-order valence-corrected chi connectivity index (χ3v) is 6.85. The molecule has 1 aliphatic heterocycles. The number of carbonyl (C=O) groups is 2. The van der Waals surface area contributed by atoms with E-state index in [1.165, 1.54) is 6.07 Å². The van der Waals surface area contributed by atoms with Crippen molar-refractivity contribution in [1.29, 1.82) is 0 Å². The molecule has 0 radical (unpaired) electrons. The molecule has 0 bridgehead atoms. The molecule has 4 rings (SSSR count). The second-order valence-corrected chi connectivity index (χ2v) is 9.28. The Labute approximate surface area is 189 Å². The van der Waals surface area contributed by atoms with Crippen molar-refractivity contribution < 1.29 is 14.0 Å². The van der Waals surface area contributed by atoms with E-state index in [4.69, 9.17) is 0 Å². The number of carbonyl (C=O) groups excluding carboxylic acids is 2. The Hall–Kier alpha value is -2.95. The molecule has 1 aliphatic carbocycles. The van der Waals surface area contributed by atoms with Crippen LogP contribution in [0.4, 0.5) is 4.39 Å². The third-order valence-electron chi connectivity index (χ3n) is 6.85. The largest absolute Gasteiger partial charge is 0.348 e. The van der Waals surface area contributed by atoms with Crippen molar-refractivity contribution in [3.8, 4) is 11.1 Å². The van der Waals surface area contributed by atoms with Crippen LogP contribution in [0.5, 0.6) is 0 Å². The first-order valence-corrected chi connectivity index (χ1v) is 11.4. The van der Waals surface area contributed by atoms with Gasteiger partial charge in [-0.25, -0.2) is 4.39 Å². The van der Waals surface area contributed by atoms with E-state index in [2.05, 4.69) is 12.2 Å². The molecule has 5 heteroatoms. The molecule has 0 unspecified atom stereocenters. The smallest absolute Gasteiger partial charge is 0.230 e. The van der Waals surface area contributed by atoms with Crippen LogP contribution >= 0.6 is 0 Å². The molecule has 1 saturated heterocycles. The first-order chi connectivity index (χ1) is 15.4. The molecule has 2 aliphatic rings. The van der Waals surface area contributed by atoms with Crippen molar-refractivity contribution in [3.05, 3.63) is 72.1 Å². The second-order valence-electron chi connectivity index (χ2n) is 9.28. The first kappa shape index (κ1) is 22.3. The van der Waals surface area contributed by atoms with Crippen molar-refractivity contribution in [1.82, 2.24) is 9.80 Å². The quantitative estimate of drug-likeness (QED) is 0.640. The lowest BCUT2D eigenvalue weighted by atomic mass is 9.77. The van der Waals surface area contributed by atoms with Crippen molar-refractivity contribution in [3.63, 3.8) is 0 Å². The monoisotopic (exact) mass is 434 g/mol. The Morgan fingerprint density at radius 1 is 1.06 bits per heavy atom. The second kappa shape index (κ2) is 9.27. The summed E-state index contributed by atoms with van der Waals surface area (Å²) in [5.41, 5.74) is 1.57. The first-order valence-electron chi connectivity index (χ1n) is 11.4. The molecule has 2 aromatic carbocycles. The van der Waals surface area contributed by atoms with Gasteiger partial charge in [-0.1, -0.05) is 54.6 Å². The molecule has 4 nitrogen and oxygen atoms in total. The summed E-state index contributed by atoms with van der Waals surface area (Å²) >= 11 is 0. The van der Waals surface area contributed by atoms with Crippen LogP contribution in [0.3, 0.4) is 0 Å². The molecule has 2 amide bonds. The highest BCUT2D eigenvalue weighted by Gasteiger charge is 2.47. The maximum Gasteiger partial charge on any atom is 0.230 e. The van der Waals surface area contributed by atoms with Gasteiger partial charge in [-0.05, 0) is 49.3 Å². The molecule has 2 aromatic rings. The standard InChI is InChI=1S/C27H31FN2O2/c1-29(2)26(32)27(16-17-30(19-27)25(31)20-10-4-3-5-11-20)18-21-12-6-7-13-22(21)23-14-8-9-15-24(23)28/h3-4,6-9,12-15,20H,5,10-11,16-19H2,1-2H3/t20-,27+/m1/s1. The Balaban J connectivity index is 1.65. The van der Waals surface area contributed by atoms with E-state index < -0.39 is 5.41 Å². The zero-order chi connectivity index (χ0) is 22.7. The lowest BCUT2D eigenvalue weighted by Gasteiger charge is -2.32. The third kappa shape index (κ3) is 4.34. The molecule has 32 heavy (non-hydrogen) atoms. The molecule has 1 heterocycles. The van der Waals surface area contributed by atoms with Gasteiger partial charge in [0.25, 0.3) is 0 Å². The normalized spacial score (nSPS) is 22.7. The number of benzene rings is 2. The molecule has 2 atom stereocenters. The summed E-state index contributed by atoms with van der Waals surface area (Å²) in [5.74, 6) is -0.0812. The highest BCUT2D eigenvalue weighted by atomic mass is 19.1. The van der Waals surface area contributed by atoms with Crippen LogP contribution < -0.4 is 0 Å². The maximum atomic E-state index is 14.6. The maximum absolute atomic E-state index is 14.6. The van der Waals surface area contributed by atoms with E-state index in [0.29, 0.717) is 31.5 Å². The Kier molecular flexibility index (Phi) is 6.45. The van der Waals surface area contributed by atoms with Gasteiger partial charge in [0.15, 0.2) is 0 Å². The van der Waals surface area contributed by atoms with Gasteiger partial charge in [-0.15, -0.1) is 0 Å². The van der Waals surface area contributed by atoms with E-state index in [0.717, 1.165) is 30.4 Å². The average Bonchev–Trinajstić information content (AvgIpc) is 3.24. The van der Waals surface area contributed by atoms with Crippen molar-refractivity contribution in [2.45, 2.75) is 32.1 Å². The predicted molar refractivity (Wildman–Crippen MR) is 124 cm³/mol. The molecule has 168 valence electrons. The number of hydrogen-bond donors (Lipinski definition) is 0. The number of nitrogens with zero attached hydrogens (tertiary/aromatic N) is 2. The fourth-order valence-electron chi connectivity index (χ4n) is 5.19. The average molecular weight is 435 g/mol. The van der Waals surface area contributed by atoms with Crippen molar-refractivity contribution in [2.75, 3.05) is 27.2 Å². The Bertz CT molecular complexity index is 1030. The fraction of sp³-hybridized carbons (Fsp3) is 0.407. The van der Waals surface area contributed by atoms with Gasteiger partial charge >= 0.3 is 0 Å². The van der Waals surface area contributed by atoms with E-state index >= 15 is 0 Å². The molecule has 0 aromatic heterocycles. The molecule has 0 N–H and O–H groups in total. The van der Waals surface area contributed by atoms with E-state index in [1.54, 1.807) is 31.1 Å². The van der Waals surface area contributed by atoms with Gasteiger partial charge in [0.2, 0.25) is 11.8 Å². The number of hydrogen-bond acceptors (Lipinski definition) is 2. The number of likely N-dealkylation sites (tertiary alicyclic amines) is 1. The van der Waals surface area contributed by atoms with Gasteiger partial charge in [0, 0.05) is 38.7 Å². The SMILES string of the molecule is CN(C)C(=O)[C@]1(Cc2ccccc2-c2ccccc2F)CCN(C(=O)[C@@H]2CC=CCC2)C1. The minimum atomic E-state index is -0.703. The van der Waals surface area contributed by atoms with Crippen LogP contribution in [0.1, 0.15) is 31.2 Å². The van der Waals surface area contributed by atoms with Crippen LogP contribution in [-0.4, -0.2) is 48.8 Å². The lowest BCUT2D eigenvalue weighted by Crippen LogP contribution is -2.45. The zero-order valence-corrected chi connectivity index (χ0v) is 18.9. The van der Waals surface area contributed by atoms with Gasteiger partial charge in [-0.2, -0.15) is 0 Å². The predicted octanol–water partition coefficient (Wildman–Crippen LogP) is 4.70. The molecule has 0 spiro atoms. The minimum Gasteiger partial charge on any atom is -0.348 e. The van der Waals surface area contributed by atoms with E-state index in [-0.39, 0.29) is 23.5 Å². The van der Waals surface area contributed by atoms with Gasteiger partial charge in [0.1, 0.15) is 5.82 Å². The van der Waals surface area contributed by atoms with Crippen molar-refractivity contribution >= 4 is 11.8 Å². The fourth-order valence-corrected chi connectivity index (χ4v) is 5.19. The summed E-state index contributed by atoms with van der Waals surface area (Å²) in [6, 6.07) is 14.4. The summed E-state index contributed by atoms with van der Waals surface area (Å²) in [4.78, 5) is 30.1. The summed E-state index contributed by atoms with van der Waals surface area (Å²) in [7, 11) is 3.53. The molecular weight excluding hydrogens is 403 g/mol. The van der Waals surface area contributed by atoms with Gasteiger partial charge in [-0.3, -0.25) is 9.59 Å². The Morgan fingerprint density at radius 3 is 2.47 bits per heavy atom. The molecule has 1 fully saturated rings. The zero-order valence-electron chi connectivity index (χ0n) is 18.9. The van der Waals surface area contributed by atoms with Gasteiger partial charge < -0.3 is 9.80 Å². The summed E-state index contributed by atoms with van der Waals surface area (Å²) in [6.45, 7) is 0.995. The van der Waals surface area contributed by atoms with Crippen molar-refractivity contribution in [2.24, 2.45) is 11.3 Å². The Morgan fingerprint density at radius 2 is 1.78 bits per heavy atom. The van der Waals surface area contributed by atoms with Crippen LogP contribution in [0.15, 0.2) is 60.7 Å². The topological polar surface area (TPSA) is 40.6 Å². The van der Waals surface area contributed by atoms with E-state index in [1.807, 2.05) is 35.2 Å². The van der Waals surface area contributed by atoms with Crippen LogP contribution in [0.2, 0.25) is 0 Å².